The highest BCUT2D eigenvalue weighted by Crippen LogP contribution is 2.08. The third-order valence-corrected chi connectivity index (χ3v) is 4.33. The van der Waals surface area contributed by atoms with Crippen LogP contribution in [0.25, 0.3) is 10.9 Å². The maximum Gasteiger partial charge on any atom is 0.337 e. The first kappa shape index (κ1) is 19.1. The number of amides is 1. The Hall–Kier alpha value is -3.68. The van der Waals surface area contributed by atoms with Crippen LogP contribution in [-0.2, 0) is 22.6 Å². The maximum absolute atomic E-state index is 12.2. The number of hydrogen-bond donors (Lipinski definition) is 2. The summed E-state index contributed by atoms with van der Waals surface area (Å²) in [4.78, 5) is 49.8. The highest BCUT2D eigenvalue weighted by molar-refractivity contribution is 5.89. The van der Waals surface area contributed by atoms with E-state index in [0.29, 0.717) is 23.0 Å². The number of aromatic nitrogens is 2. The molecule has 3 rings (SSSR count). The largest absolute Gasteiger partial charge is 0.465 e. The molecule has 1 heterocycles. The Morgan fingerprint density at radius 1 is 1.07 bits per heavy atom. The third-order valence-electron chi connectivity index (χ3n) is 4.33. The number of rotatable bonds is 6. The van der Waals surface area contributed by atoms with Crippen molar-refractivity contribution in [2.75, 3.05) is 7.11 Å². The number of carbonyl (C=O) groups is 2. The molecule has 0 aliphatic carbocycles. The van der Waals surface area contributed by atoms with Gasteiger partial charge in [-0.05, 0) is 29.8 Å². The minimum absolute atomic E-state index is 0.0796. The number of nitrogens with zero attached hydrogens (tertiary/aromatic N) is 1. The molecule has 0 saturated carbocycles. The first-order valence-electron chi connectivity index (χ1n) is 8.65. The molecule has 1 amide bonds. The van der Waals surface area contributed by atoms with Gasteiger partial charge in [-0.3, -0.25) is 19.1 Å². The van der Waals surface area contributed by atoms with Gasteiger partial charge in [-0.2, -0.15) is 0 Å². The average Bonchev–Trinajstić information content (AvgIpc) is 2.72. The van der Waals surface area contributed by atoms with Crippen molar-refractivity contribution in [1.29, 1.82) is 0 Å². The van der Waals surface area contributed by atoms with Crippen LogP contribution >= 0.6 is 0 Å². The molecule has 0 fully saturated rings. The molecule has 0 unspecified atom stereocenters. The van der Waals surface area contributed by atoms with Crippen molar-refractivity contribution in [3.8, 4) is 0 Å². The zero-order valence-electron chi connectivity index (χ0n) is 15.2. The van der Waals surface area contributed by atoms with Gasteiger partial charge >= 0.3 is 11.7 Å². The van der Waals surface area contributed by atoms with Crippen LogP contribution in [0.4, 0.5) is 0 Å². The molecule has 3 aromatic rings. The van der Waals surface area contributed by atoms with E-state index in [1.54, 1.807) is 48.5 Å². The smallest absolute Gasteiger partial charge is 0.337 e. The van der Waals surface area contributed by atoms with Crippen molar-refractivity contribution in [3.05, 3.63) is 80.5 Å². The Kier molecular flexibility index (Phi) is 5.69. The van der Waals surface area contributed by atoms with E-state index in [2.05, 4.69) is 15.0 Å². The number of H-pyrrole nitrogens is 1. The van der Waals surface area contributed by atoms with Crippen molar-refractivity contribution in [2.45, 2.75) is 19.5 Å². The Morgan fingerprint density at radius 3 is 2.50 bits per heavy atom. The fourth-order valence-electron chi connectivity index (χ4n) is 2.84. The molecule has 0 aliphatic rings. The van der Waals surface area contributed by atoms with Crippen LogP contribution in [0.5, 0.6) is 0 Å². The number of esters is 1. The zero-order chi connectivity index (χ0) is 20.1. The number of nitrogens with one attached hydrogen (secondary N) is 2. The number of aryl methyl sites for hydroxylation is 1. The highest BCUT2D eigenvalue weighted by atomic mass is 16.5. The van der Waals surface area contributed by atoms with E-state index < -0.39 is 17.2 Å². The number of para-hydroxylation sites is 1. The van der Waals surface area contributed by atoms with E-state index >= 15 is 0 Å². The monoisotopic (exact) mass is 381 g/mol. The quantitative estimate of drug-likeness (QED) is 0.623. The molecule has 0 bridgehead atoms. The lowest BCUT2D eigenvalue weighted by atomic mass is 10.1. The lowest BCUT2D eigenvalue weighted by Gasteiger charge is -2.10. The molecule has 144 valence electrons. The van der Waals surface area contributed by atoms with Crippen molar-refractivity contribution in [1.82, 2.24) is 14.9 Å². The standard InChI is InChI=1S/C20H19N3O5/c1-28-19(26)14-8-6-13(7-9-14)12-21-17(24)10-11-23-16-5-3-2-4-15(16)18(25)22-20(23)27/h2-9H,10-12H2,1H3,(H,21,24)(H,22,25,27). The lowest BCUT2D eigenvalue weighted by molar-refractivity contribution is -0.121. The highest BCUT2D eigenvalue weighted by Gasteiger charge is 2.09. The Bertz CT molecular complexity index is 1130. The van der Waals surface area contributed by atoms with Crippen LogP contribution < -0.4 is 16.6 Å². The van der Waals surface area contributed by atoms with Gasteiger partial charge in [-0.1, -0.05) is 24.3 Å². The minimum Gasteiger partial charge on any atom is -0.465 e. The second-order valence-electron chi connectivity index (χ2n) is 6.14. The fraction of sp³-hybridized carbons (Fsp3) is 0.200. The summed E-state index contributed by atoms with van der Waals surface area (Å²) in [6.07, 6.45) is 0.0796. The van der Waals surface area contributed by atoms with E-state index in [-0.39, 0.29) is 18.9 Å². The van der Waals surface area contributed by atoms with E-state index in [1.807, 2.05) is 0 Å². The fourth-order valence-corrected chi connectivity index (χ4v) is 2.84. The summed E-state index contributed by atoms with van der Waals surface area (Å²) in [5.74, 6) is -0.659. The first-order valence-corrected chi connectivity index (χ1v) is 8.65. The van der Waals surface area contributed by atoms with Crippen molar-refractivity contribution in [2.24, 2.45) is 0 Å². The Balaban J connectivity index is 1.62. The molecule has 2 aromatic carbocycles. The number of ether oxygens (including phenoxy) is 1. The second-order valence-corrected chi connectivity index (χ2v) is 6.14. The van der Waals surface area contributed by atoms with E-state index in [9.17, 15) is 19.2 Å². The van der Waals surface area contributed by atoms with Gasteiger partial charge in [0.2, 0.25) is 5.91 Å². The summed E-state index contributed by atoms with van der Waals surface area (Å²) < 4.78 is 6.01. The number of carbonyl (C=O) groups excluding carboxylic acids is 2. The summed E-state index contributed by atoms with van der Waals surface area (Å²) in [6.45, 7) is 0.435. The summed E-state index contributed by atoms with van der Waals surface area (Å²) in [5.41, 5.74) is 0.753. The number of aromatic amines is 1. The molecule has 0 radical (unpaired) electrons. The van der Waals surface area contributed by atoms with Gasteiger partial charge in [-0.15, -0.1) is 0 Å². The predicted octanol–water partition coefficient (Wildman–Crippen LogP) is 1.18. The van der Waals surface area contributed by atoms with Crippen LogP contribution in [0.3, 0.4) is 0 Å². The number of hydrogen-bond acceptors (Lipinski definition) is 5. The second kappa shape index (κ2) is 8.34. The molecular formula is C20H19N3O5. The first-order chi connectivity index (χ1) is 13.5. The zero-order valence-corrected chi connectivity index (χ0v) is 15.2. The molecule has 8 nitrogen and oxygen atoms in total. The average molecular weight is 381 g/mol. The summed E-state index contributed by atoms with van der Waals surface area (Å²) in [6, 6.07) is 13.5. The minimum atomic E-state index is -0.546. The van der Waals surface area contributed by atoms with Crippen molar-refractivity contribution in [3.63, 3.8) is 0 Å². The molecule has 8 heteroatoms. The van der Waals surface area contributed by atoms with Gasteiger partial charge in [0.05, 0.1) is 23.6 Å². The van der Waals surface area contributed by atoms with Crippen LogP contribution in [-0.4, -0.2) is 28.5 Å². The molecule has 0 saturated heterocycles. The van der Waals surface area contributed by atoms with E-state index in [1.165, 1.54) is 11.7 Å². The maximum atomic E-state index is 12.2. The van der Waals surface area contributed by atoms with Crippen LogP contribution in [0.15, 0.2) is 58.1 Å². The Morgan fingerprint density at radius 2 is 1.79 bits per heavy atom. The molecule has 0 aliphatic heterocycles. The van der Waals surface area contributed by atoms with Crippen LogP contribution in [0.2, 0.25) is 0 Å². The molecule has 2 N–H and O–H groups in total. The SMILES string of the molecule is COC(=O)c1ccc(CNC(=O)CCn2c(=O)[nH]c(=O)c3ccccc32)cc1. The molecular weight excluding hydrogens is 362 g/mol. The van der Waals surface area contributed by atoms with E-state index in [4.69, 9.17) is 0 Å². The third kappa shape index (κ3) is 4.17. The van der Waals surface area contributed by atoms with Gasteiger partial charge in [-0.25, -0.2) is 9.59 Å². The number of fused-ring (bicyclic) bond motifs is 1. The van der Waals surface area contributed by atoms with Crippen molar-refractivity contribution < 1.29 is 14.3 Å². The topological polar surface area (TPSA) is 110 Å². The van der Waals surface area contributed by atoms with Gasteiger partial charge < -0.3 is 10.1 Å². The molecule has 28 heavy (non-hydrogen) atoms. The molecule has 1 aromatic heterocycles. The van der Waals surface area contributed by atoms with Gasteiger partial charge in [0.15, 0.2) is 0 Å². The van der Waals surface area contributed by atoms with Crippen molar-refractivity contribution >= 4 is 22.8 Å². The summed E-state index contributed by atoms with van der Waals surface area (Å²) in [5, 5.41) is 3.16. The lowest BCUT2D eigenvalue weighted by Crippen LogP contribution is -2.32. The number of benzene rings is 2. The van der Waals surface area contributed by atoms with Gasteiger partial charge in [0.1, 0.15) is 0 Å². The van der Waals surface area contributed by atoms with Gasteiger partial charge in [0, 0.05) is 19.5 Å². The summed E-state index contributed by atoms with van der Waals surface area (Å²) in [7, 11) is 1.31. The van der Waals surface area contributed by atoms with Crippen LogP contribution in [0.1, 0.15) is 22.3 Å². The number of methoxy groups -OCH3 is 1. The Labute approximate surface area is 159 Å². The van der Waals surface area contributed by atoms with Crippen LogP contribution in [0, 0.1) is 0 Å². The predicted molar refractivity (Wildman–Crippen MR) is 103 cm³/mol. The summed E-state index contributed by atoms with van der Waals surface area (Å²) >= 11 is 0. The van der Waals surface area contributed by atoms with Gasteiger partial charge in [0.25, 0.3) is 5.56 Å². The normalized spacial score (nSPS) is 10.6. The molecule has 0 spiro atoms. The molecule has 0 atom stereocenters. The van der Waals surface area contributed by atoms with E-state index in [0.717, 1.165) is 5.56 Å².